The maximum absolute atomic E-state index is 13.1. The molecule has 0 saturated heterocycles. The Balaban J connectivity index is 3.00. The van der Waals surface area contributed by atoms with Gasteiger partial charge >= 0.3 is 11.9 Å². The van der Waals surface area contributed by atoms with Gasteiger partial charge in [-0.2, -0.15) is 0 Å². The second-order valence-corrected chi connectivity index (χ2v) is 8.95. The van der Waals surface area contributed by atoms with Gasteiger partial charge < -0.3 is 36.9 Å². The minimum absolute atomic E-state index is 0.0254. The Morgan fingerprint density at radius 1 is 1.00 bits per heavy atom. The summed E-state index contributed by atoms with van der Waals surface area (Å²) in [5, 5.41) is 25.9. The molecule has 0 radical (unpaired) electrons. The third-order valence-electron chi connectivity index (χ3n) is 5.46. The van der Waals surface area contributed by atoms with E-state index in [0.717, 1.165) is 0 Å². The number of nitrogens with one attached hydrogen (secondary N) is 4. The highest BCUT2D eigenvalue weighted by atomic mass is 16.4. The molecule has 0 aromatic carbocycles. The lowest BCUT2D eigenvalue weighted by Crippen LogP contribution is -2.59. The predicted molar refractivity (Wildman–Crippen MR) is 125 cm³/mol. The van der Waals surface area contributed by atoms with Crippen molar-refractivity contribution >= 4 is 29.7 Å². The summed E-state index contributed by atoms with van der Waals surface area (Å²) in [7, 11) is 0. The Labute approximate surface area is 203 Å². The minimum Gasteiger partial charge on any atom is -0.481 e. The Morgan fingerprint density at radius 3 is 2.11 bits per heavy atom. The number of aromatic amines is 1. The van der Waals surface area contributed by atoms with Gasteiger partial charge in [-0.25, -0.2) is 9.78 Å². The lowest BCUT2D eigenvalue weighted by atomic mass is 9.96. The van der Waals surface area contributed by atoms with Crippen LogP contribution in [0, 0.1) is 11.8 Å². The van der Waals surface area contributed by atoms with Crippen molar-refractivity contribution in [1.29, 1.82) is 0 Å². The first-order valence-corrected chi connectivity index (χ1v) is 11.4. The molecule has 0 fully saturated rings. The van der Waals surface area contributed by atoms with E-state index in [0.29, 0.717) is 12.1 Å². The summed E-state index contributed by atoms with van der Waals surface area (Å²) in [6.45, 7) is 7.20. The van der Waals surface area contributed by atoms with Gasteiger partial charge in [-0.15, -0.1) is 0 Å². The van der Waals surface area contributed by atoms with E-state index in [1.807, 2.05) is 13.8 Å². The number of rotatable bonds is 15. The van der Waals surface area contributed by atoms with Crippen molar-refractivity contribution in [3.8, 4) is 0 Å². The molecule has 1 heterocycles. The zero-order chi connectivity index (χ0) is 26.7. The van der Waals surface area contributed by atoms with E-state index >= 15 is 0 Å². The summed E-state index contributed by atoms with van der Waals surface area (Å²) in [6, 6.07) is -4.74. The highest BCUT2D eigenvalue weighted by molar-refractivity contribution is 5.94. The maximum atomic E-state index is 13.1. The smallest absolute Gasteiger partial charge is 0.326 e. The number of carboxylic acids is 2. The lowest BCUT2D eigenvalue weighted by molar-refractivity contribution is -0.142. The molecule has 0 aliphatic heterocycles. The third kappa shape index (κ3) is 10.1. The summed E-state index contributed by atoms with van der Waals surface area (Å²) < 4.78 is 0. The number of hydrogen-bond donors (Lipinski definition) is 7. The van der Waals surface area contributed by atoms with E-state index in [1.54, 1.807) is 13.8 Å². The van der Waals surface area contributed by atoms with Crippen molar-refractivity contribution in [2.75, 3.05) is 0 Å². The number of nitrogens with two attached hydrogens (primary N) is 1. The number of imidazole rings is 1. The molecule has 0 aliphatic carbocycles. The summed E-state index contributed by atoms with van der Waals surface area (Å²) >= 11 is 0. The summed E-state index contributed by atoms with van der Waals surface area (Å²) in [5.74, 6) is -5.03. The van der Waals surface area contributed by atoms with Crippen molar-refractivity contribution in [2.24, 2.45) is 17.6 Å². The fourth-order valence-electron chi connectivity index (χ4n) is 3.30. The molecule has 13 heteroatoms. The molecular weight excluding hydrogens is 460 g/mol. The van der Waals surface area contributed by atoms with Gasteiger partial charge in [-0.1, -0.05) is 34.1 Å². The van der Waals surface area contributed by atoms with Crippen LogP contribution in [0.3, 0.4) is 0 Å². The fourth-order valence-corrected chi connectivity index (χ4v) is 3.30. The number of carbonyl (C=O) groups is 5. The van der Waals surface area contributed by atoms with Crippen LogP contribution in [-0.2, 0) is 30.4 Å². The number of carboxylic acid groups (broad SMARTS) is 2. The molecule has 5 unspecified atom stereocenters. The number of nitrogens with zero attached hydrogens (tertiary/aromatic N) is 1. The Kier molecular flexibility index (Phi) is 11.9. The highest BCUT2D eigenvalue weighted by Crippen LogP contribution is 2.12. The molecule has 0 bridgehead atoms. The zero-order valence-electron chi connectivity index (χ0n) is 20.4. The summed E-state index contributed by atoms with van der Waals surface area (Å²) in [5.41, 5.74) is 6.12. The average Bonchev–Trinajstić information content (AvgIpc) is 3.27. The van der Waals surface area contributed by atoms with Crippen LogP contribution in [0.15, 0.2) is 12.5 Å². The number of hydrogen-bond acceptors (Lipinski definition) is 7. The van der Waals surface area contributed by atoms with Gasteiger partial charge in [0.1, 0.15) is 18.1 Å². The van der Waals surface area contributed by atoms with E-state index in [4.69, 9.17) is 10.8 Å². The molecule has 1 aromatic rings. The predicted octanol–water partition coefficient (Wildman–Crippen LogP) is -0.615. The number of H-pyrrole nitrogens is 1. The second kappa shape index (κ2) is 14.0. The number of aliphatic carboxylic acids is 2. The van der Waals surface area contributed by atoms with Crippen molar-refractivity contribution in [3.05, 3.63) is 18.2 Å². The van der Waals surface area contributed by atoms with Gasteiger partial charge in [0.15, 0.2) is 0 Å². The number of carbonyl (C=O) groups excluding carboxylic acids is 3. The number of aromatic nitrogens is 2. The normalized spacial score (nSPS) is 15.4. The van der Waals surface area contributed by atoms with Gasteiger partial charge in [0.05, 0.1) is 18.8 Å². The third-order valence-corrected chi connectivity index (χ3v) is 5.46. The van der Waals surface area contributed by atoms with Crippen LogP contribution >= 0.6 is 0 Å². The van der Waals surface area contributed by atoms with Crippen LogP contribution in [0.25, 0.3) is 0 Å². The molecule has 196 valence electrons. The molecule has 35 heavy (non-hydrogen) atoms. The van der Waals surface area contributed by atoms with Crippen LogP contribution in [0.4, 0.5) is 0 Å². The zero-order valence-corrected chi connectivity index (χ0v) is 20.4. The first kappa shape index (κ1) is 29.6. The SMILES string of the molecule is CCC(C)C(NC(=O)C(N)CC(=O)O)C(=O)NC(CC(C)C)C(=O)NC(Cc1cnc[nH]1)C(=O)O. The van der Waals surface area contributed by atoms with E-state index in [1.165, 1.54) is 12.5 Å². The van der Waals surface area contributed by atoms with Crippen LogP contribution in [0.1, 0.15) is 52.7 Å². The molecule has 13 nitrogen and oxygen atoms in total. The monoisotopic (exact) mass is 496 g/mol. The Hall–Kier alpha value is -3.48. The quantitative estimate of drug-likeness (QED) is 0.164. The largest absolute Gasteiger partial charge is 0.481 e. The van der Waals surface area contributed by atoms with Crippen LogP contribution in [0.2, 0.25) is 0 Å². The average molecular weight is 497 g/mol. The minimum atomic E-state index is -1.35. The molecule has 0 aliphatic rings. The van der Waals surface area contributed by atoms with Gasteiger partial charge in [0.25, 0.3) is 0 Å². The molecule has 3 amide bonds. The van der Waals surface area contributed by atoms with E-state index < -0.39 is 60.2 Å². The highest BCUT2D eigenvalue weighted by Gasteiger charge is 2.33. The van der Waals surface area contributed by atoms with Crippen LogP contribution in [0.5, 0.6) is 0 Å². The summed E-state index contributed by atoms with van der Waals surface area (Å²) in [6.07, 6.45) is 2.92. The lowest BCUT2D eigenvalue weighted by Gasteiger charge is -2.28. The second-order valence-electron chi connectivity index (χ2n) is 8.95. The molecule has 0 spiro atoms. The first-order chi connectivity index (χ1) is 16.3. The molecule has 1 aromatic heterocycles. The fraction of sp³-hybridized carbons (Fsp3) is 0.636. The molecule has 0 saturated carbocycles. The topological polar surface area (TPSA) is 217 Å². The summed E-state index contributed by atoms with van der Waals surface area (Å²) in [4.78, 5) is 67.6. The van der Waals surface area contributed by atoms with Crippen LogP contribution in [-0.4, -0.2) is 74.0 Å². The Morgan fingerprint density at radius 2 is 1.63 bits per heavy atom. The van der Waals surface area contributed by atoms with Crippen molar-refractivity contribution < 1.29 is 34.2 Å². The molecule has 8 N–H and O–H groups in total. The van der Waals surface area contributed by atoms with E-state index in [9.17, 15) is 29.1 Å². The van der Waals surface area contributed by atoms with Crippen molar-refractivity contribution in [1.82, 2.24) is 25.9 Å². The van der Waals surface area contributed by atoms with Gasteiger partial charge in [-0.3, -0.25) is 19.2 Å². The van der Waals surface area contributed by atoms with Gasteiger partial charge in [-0.05, 0) is 18.3 Å². The standard InChI is InChI=1S/C22H36N6O7/c1-5-12(4)18(28-19(31)14(23)8-17(29)30)21(33)26-15(6-11(2)3)20(32)27-16(22(34)35)7-13-9-24-10-25-13/h9-12,14-16,18H,5-8,23H2,1-4H3,(H,24,25)(H,26,33)(H,27,32)(H,28,31)(H,29,30)(H,34,35). The maximum Gasteiger partial charge on any atom is 0.326 e. The van der Waals surface area contributed by atoms with Crippen molar-refractivity contribution in [2.45, 2.75) is 77.5 Å². The van der Waals surface area contributed by atoms with Crippen LogP contribution < -0.4 is 21.7 Å². The van der Waals surface area contributed by atoms with E-state index in [-0.39, 0.29) is 24.7 Å². The molecule has 5 atom stereocenters. The number of amides is 3. The Bertz CT molecular complexity index is 874. The molecular formula is C22H36N6O7. The molecule has 1 rings (SSSR count). The van der Waals surface area contributed by atoms with Gasteiger partial charge in [0.2, 0.25) is 17.7 Å². The first-order valence-electron chi connectivity index (χ1n) is 11.4. The van der Waals surface area contributed by atoms with E-state index in [2.05, 4.69) is 25.9 Å². The van der Waals surface area contributed by atoms with Crippen molar-refractivity contribution in [3.63, 3.8) is 0 Å². The van der Waals surface area contributed by atoms with Gasteiger partial charge in [0, 0.05) is 18.3 Å².